The lowest BCUT2D eigenvalue weighted by molar-refractivity contribution is -0.0501. The van der Waals surface area contributed by atoms with Gasteiger partial charge in [0.05, 0.1) is 5.56 Å². The molecule has 0 saturated carbocycles. The maximum absolute atomic E-state index is 12.3. The average Bonchev–Trinajstić information content (AvgIpc) is 2.45. The first-order valence-electron chi connectivity index (χ1n) is 6.62. The van der Waals surface area contributed by atoms with Crippen LogP contribution in [0.4, 0.5) is 8.78 Å². The van der Waals surface area contributed by atoms with Crippen LogP contribution in [0, 0.1) is 0 Å². The topological polar surface area (TPSA) is 64.3 Å². The molecule has 0 heterocycles. The number of rotatable bonds is 7. The van der Waals surface area contributed by atoms with E-state index >= 15 is 0 Å². The molecule has 0 aliphatic carbocycles. The van der Waals surface area contributed by atoms with Crippen LogP contribution in [0.25, 0.3) is 0 Å². The molecule has 0 fully saturated rings. The van der Waals surface area contributed by atoms with Crippen molar-refractivity contribution < 1.29 is 18.3 Å². The standard InChI is InChI=1S/C14H19ClF2N2O2/c1-3-14(18,4-2)8-19-12(20)10-7-9(15)5-6-11(10)21-13(16)17/h5-7,13H,3-4,8,18H2,1-2H3,(H,19,20). The van der Waals surface area contributed by atoms with Gasteiger partial charge >= 0.3 is 6.61 Å². The Hall–Kier alpha value is -1.40. The molecule has 1 amide bonds. The van der Waals surface area contributed by atoms with Crippen LogP contribution in [-0.2, 0) is 0 Å². The Morgan fingerprint density at radius 2 is 2.05 bits per heavy atom. The molecule has 0 aliphatic heterocycles. The van der Waals surface area contributed by atoms with Crippen LogP contribution in [-0.4, -0.2) is 24.6 Å². The number of nitrogens with two attached hydrogens (primary N) is 1. The highest BCUT2D eigenvalue weighted by Crippen LogP contribution is 2.24. The summed E-state index contributed by atoms with van der Waals surface area (Å²) in [6.45, 7) is 1.05. The normalized spacial score (nSPS) is 11.6. The molecule has 0 aromatic heterocycles. The van der Waals surface area contributed by atoms with E-state index in [1.807, 2.05) is 13.8 Å². The molecule has 0 aliphatic rings. The second kappa shape index (κ2) is 7.56. The number of alkyl halides is 2. The lowest BCUT2D eigenvalue weighted by Crippen LogP contribution is -2.49. The Morgan fingerprint density at radius 3 is 2.57 bits per heavy atom. The van der Waals surface area contributed by atoms with Gasteiger partial charge in [0, 0.05) is 17.1 Å². The van der Waals surface area contributed by atoms with Crippen LogP contribution < -0.4 is 15.8 Å². The number of amides is 1. The molecule has 0 radical (unpaired) electrons. The van der Waals surface area contributed by atoms with E-state index in [4.69, 9.17) is 17.3 Å². The smallest absolute Gasteiger partial charge is 0.387 e. The minimum absolute atomic E-state index is 0.0441. The van der Waals surface area contributed by atoms with E-state index in [9.17, 15) is 13.6 Å². The lowest BCUT2D eigenvalue weighted by Gasteiger charge is -2.27. The van der Waals surface area contributed by atoms with Gasteiger partial charge in [0.1, 0.15) is 5.75 Å². The third kappa shape index (κ3) is 5.13. The van der Waals surface area contributed by atoms with Gasteiger partial charge in [-0.15, -0.1) is 0 Å². The number of hydrogen-bond donors (Lipinski definition) is 2. The highest BCUT2D eigenvalue weighted by Gasteiger charge is 2.23. The summed E-state index contributed by atoms with van der Waals surface area (Å²) in [5.74, 6) is -0.771. The maximum atomic E-state index is 12.3. The number of nitrogens with one attached hydrogen (secondary N) is 1. The van der Waals surface area contributed by atoms with Crippen LogP contribution in [0.3, 0.4) is 0 Å². The average molecular weight is 321 g/mol. The molecule has 0 saturated heterocycles. The predicted molar refractivity (Wildman–Crippen MR) is 77.9 cm³/mol. The Labute approximate surface area is 127 Å². The zero-order chi connectivity index (χ0) is 16.0. The first-order chi connectivity index (χ1) is 9.81. The molecule has 1 rings (SSSR count). The van der Waals surface area contributed by atoms with Crippen molar-refractivity contribution in [2.45, 2.75) is 38.8 Å². The van der Waals surface area contributed by atoms with Gasteiger partial charge in [-0.3, -0.25) is 4.79 Å². The van der Waals surface area contributed by atoms with Crippen molar-refractivity contribution in [2.24, 2.45) is 5.73 Å². The van der Waals surface area contributed by atoms with Crippen LogP contribution >= 0.6 is 11.6 Å². The van der Waals surface area contributed by atoms with E-state index in [0.717, 1.165) is 0 Å². The summed E-state index contributed by atoms with van der Waals surface area (Å²) < 4.78 is 29.0. The molecule has 118 valence electrons. The molecule has 7 heteroatoms. The molecule has 21 heavy (non-hydrogen) atoms. The number of benzene rings is 1. The minimum Gasteiger partial charge on any atom is -0.434 e. The second-order valence-electron chi connectivity index (χ2n) is 4.77. The third-order valence-corrected chi connectivity index (χ3v) is 3.65. The second-order valence-corrected chi connectivity index (χ2v) is 5.21. The lowest BCUT2D eigenvalue weighted by atomic mass is 9.94. The maximum Gasteiger partial charge on any atom is 0.387 e. The number of halogens is 3. The van der Waals surface area contributed by atoms with Gasteiger partial charge in [-0.25, -0.2) is 0 Å². The van der Waals surface area contributed by atoms with E-state index in [1.54, 1.807) is 0 Å². The third-order valence-electron chi connectivity index (χ3n) is 3.41. The van der Waals surface area contributed by atoms with Gasteiger partial charge in [-0.2, -0.15) is 8.78 Å². The molecule has 0 atom stereocenters. The van der Waals surface area contributed by atoms with Gasteiger partial charge in [-0.1, -0.05) is 25.4 Å². The summed E-state index contributed by atoms with van der Waals surface area (Å²) >= 11 is 5.79. The Balaban J connectivity index is 2.88. The summed E-state index contributed by atoms with van der Waals surface area (Å²) in [7, 11) is 0. The number of hydrogen-bond acceptors (Lipinski definition) is 3. The Bertz CT molecular complexity index is 494. The fraction of sp³-hybridized carbons (Fsp3) is 0.500. The van der Waals surface area contributed by atoms with Crippen LogP contribution in [0.5, 0.6) is 5.75 Å². The molecule has 0 bridgehead atoms. The molecule has 3 N–H and O–H groups in total. The number of carbonyl (C=O) groups excluding carboxylic acids is 1. The molecule has 1 aromatic carbocycles. The van der Waals surface area contributed by atoms with Gasteiger partial charge in [0.15, 0.2) is 0 Å². The van der Waals surface area contributed by atoms with Crippen molar-refractivity contribution in [3.8, 4) is 5.75 Å². The first-order valence-corrected chi connectivity index (χ1v) is 7.00. The quantitative estimate of drug-likeness (QED) is 0.811. The van der Waals surface area contributed by atoms with Crippen molar-refractivity contribution in [1.29, 1.82) is 0 Å². The van der Waals surface area contributed by atoms with Crippen molar-refractivity contribution in [3.05, 3.63) is 28.8 Å². The van der Waals surface area contributed by atoms with Crippen molar-refractivity contribution in [2.75, 3.05) is 6.54 Å². The van der Waals surface area contributed by atoms with E-state index in [1.165, 1.54) is 18.2 Å². The molecule has 0 unspecified atom stereocenters. The van der Waals surface area contributed by atoms with Crippen molar-refractivity contribution in [3.63, 3.8) is 0 Å². The number of ether oxygens (including phenoxy) is 1. The highest BCUT2D eigenvalue weighted by atomic mass is 35.5. The summed E-state index contributed by atoms with van der Waals surface area (Å²) in [4.78, 5) is 12.1. The van der Waals surface area contributed by atoms with Crippen LogP contribution in [0.15, 0.2) is 18.2 Å². The van der Waals surface area contributed by atoms with E-state index in [2.05, 4.69) is 10.1 Å². The monoisotopic (exact) mass is 320 g/mol. The number of carbonyl (C=O) groups is 1. The zero-order valence-electron chi connectivity index (χ0n) is 12.0. The molecular formula is C14H19ClF2N2O2. The van der Waals surface area contributed by atoms with Crippen molar-refractivity contribution >= 4 is 17.5 Å². The molecule has 0 spiro atoms. The fourth-order valence-corrected chi connectivity index (χ4v) is 1.90. The molecule has 4 nitrogen and oxygen atoms in total. The van der Waals surface area contributed by atoms with Gasteiger partial charge in [-0.05, 0) is 31.0 Å². The molecular weight excluding hydrogens is 302 g/mol. The zero-order valence-corrected chi connectivity index (χ0v) is 12.7. The predicted octanol–water partition coefficient (Wildman–Crippen LogP) is 3.19. The Kier molecular flexibility index (Phi) is 6.36. The van der Waals surface area contributed by atoms with E-state index in [0.29, 0.717) is 12.8 Å². The SMILES string of the molecule is CCC(N)(CC)CNC(=O)c1cc(Cl)ccc1OC(F)F. The van der Waals surface area contributed by atoms with Crippen molar-refractivity contribution in [1.82, 2.24) is 5.32 Å². The first kappa shape index (κ1) is 17.7. The van der Waals surface area contributed by atoms with E-state index in [-0.39, 0.29) is 22.9 Å². The highest BCUT2D eigenvalue weighted by molar-refractivity contribution is 6.31. The van der Waals surface area contributed by atoms with Crippen LogP contribution in [0.2, 0.25) is 5.02 Å². The van der Waals surface area contributed by atoms with Gasteiger partial charge < -0.3 is 15.8 Å². The fourth-order valence-electron chi connectivity index (χ4n) is 1.73. The molecule has 1 aromatic rings. The summed E-state index contributed by atoms with van der Waals surface area (Å²) in [6, 6.07) is 3.89. The van der Waals surface area contributed by atoms with Crippen LogP contribution in [0.1, 0.15) is 37.0 Å². The largest absolute Gasteiger partial charge is 0.434 e. The minimum atomic E-state index is -3.02. The summed E-state index contributed by atoms with van der Waals surface area (Å²) in [5, 5.41) is 2.89. The van der Waals surface area contributed by atoms with Gasteiger partial charge in [0.2, 0.25) is 0 Å². The summed E-state index contributed by atoms with van der Waals surface area (Å²) in [6.07, 6.45) is 1.36. The Morgan fingerprint density at radius 1 is 1.43 bits per heavy atom. The van der Waals surface area contributed by atoms with Gasteiger partial charge in [0.25, 0.3) is 5.91 Å². The summed E-state index contributed by atoms with van der Waals surface area (Å²) in [5.41, 5.74) is 5.51. The van der Waals surface area contributed by atoms with E-state index < -0.39 is 18.1 Å².